The molecule has 0 atom stereocenters. The normalized spacial score (nSPS) is 12.3. The fourth-order valence-corrected chi connectivity index (χ4v) is 5.42. The van der Waals surface area contributed by atoms with E-state index >= 15 is 0 Å². The molecule has 0 bridgehead atoms. The number of carbonyl (C=O) groups is 1. The largest absolute Gasteiger partial charge is 0.449 e. The molecule has 1 N–H and O–H groups in total. The molecule has 3 rings (SSSR count). The van der Waals surface area contributed by atoms with Gasteiger partial charge in [-0.3, -0.25) is 0 Å². The molecule has 48 heavy (non-hydrogen) atoms. The van der Waals surface area contributed by atoms with E-state index in [-0.39, 0.29) is 5.92 Å². The lowest BCUT2D eigenvalue weighted by atomic mass is 9.98. The van der Waals surface area contributed by atoms with Gasteiger partial charge in [-0.25, -0.2) is 4.79 Å². The average Bonchev–Trinajstić information content (AvgIpc) is 3.43. The summed E-state index contributed by atoms with van der Waals surface area (Å²) in [5, 5.41) is 2.81. The topological polar surface area (TPSA) is 103 Å². The fraction of sp³-hybridized carbons (Fsp3) is 0.658. The van der Waals surface area contributed by atoms with Crippen molar-refractivity contribution >= 4 is 6.09 Å². The van der Waals surface area contributed by atoms with E-state index in [9.17, 15) is 4.79 Å². The van der Waals surface area contributed by atoms with Crippen molar-refractivity contribution in [1.82, 2.24) is 5.32 Å². The Labute approximate surface area is 288 Å². The summed E-state index contributed by atoms with van der Waals surface area (Å²) in [5.74, 6) is 0.0575. The molecule has 10 heteroatoms. The van der Waals surface area contributed by atoms with Gasteiger partial charge in [-0.15, -0.1) is 0 Å². The van der Waals surface area contributed by atoms with Gasteiger partial charge in [0.15, 0.2) is 0 Å². The minimum absolute atomic E-state index is 0.0575. The molecule has 1 aliphatic rings. The van der Waals surface area contributed by atoms with Crippen LogP contribution in [0.4, 0.5) is 4.79 Å². The number of fused-ring (bicyclic) bond motifs is 3. The Morgan fingerprint density at radius 2 is 0.917 bits per heavy atom. The second-order valence-electron chi connectivity index (χ2n) is 11.7. The Bertz CT molecular complexity index is 1040. The standard InChI is InChI=1S/C38H59NO9/c1-2-3-4-5-6-11-18-41-20-22-43-24-26-45-28-30-47-31-29-46-27-25-44-23-21-42-19-12-17-39-38(40)48-32-37-35-15-9-7-13-33(35)34-14-8-10-16-36(34)37/h7-10,13-16,37H,2-6,11-12,17-32H2,1H3,(H,39,40). The lowest BCUT2D eigenvalue weighted by molar-refractivity contribution is -0.0206. The van der Waals surface area contributed by atoms with Gasteiger partial charge in [0, 0.05) is 25.7 Å². The van der Waals surface area contributed by atoms with Crippen molar-refractivity contribution in [1.29, 1.82) is 0 Å². The molecule has 0 unspecified atom stereocenters. The number of hydrogen-bond donors (Lipinski definition) is 1. The van der Waals surface area contributed by atoms with Gasteiger partial charge in [0.05, 0.1) is 79.3 Å². The molecule has 0 saturated heterocycles. The van der Waals surface area contributed by atoms with E-state index in [1.54, 1.807) is 0 Å². The highest BCUT2D eigenvalue weighted by Gasteiger charge is 2.28. The van der Waals surface area contributed by atoms with Gasteiger partial charge in [0.2, 0.25) is 0 Å². The number of unbranched alkanes of at least 4 members (excludes halogenated alkanes) is 5. The molecular weight excluding hydrogens is 614 g/mol. The zero-order valence-electron chi connectivity index (χ0n) is 29.1. The van der Waals surface area contributed by atoms with Crippen molar-refractivity contribution in [3.63, 3.8) is 0 Å². The third-order valence-electron chi connectivity index (χ3n) is 7.95. The highest BCUT2D eigenvalue weighted by molar-refractivity contribution is 5.79. The number of ether oxygens (including phenoxy) is 8. The zero-order valence-corrected chi connectivity index (χ0v) is 29.1. The van der Waals surface area contributed by atoms with Gasteiger partial charge in [-0.1, -0.05) is 87.6 Å². The van der Waals surface area contributed by atoms with Crippen LogP contribution in [0.2, 0.25) is 0 Å². The Kier molecular flexibility index (Phi) is 22.7. The summed E-state index contributed by atoms with van der Waals surface area (Å²) in [6.07, 6.45) is 7.96. The summed E-state index contributed by atoms with van der Waals surface area (Å²) >= 11 is 0. The van der Waals surface area contributed by atoms with Crippen LogP contribution in [0, 0.1) is 0 Å². The van der Waals surface area contributed by atoms with Crippen molar-refractivity contribution in [3.8, 4) is 11.1 Å². The Morgan fingerprint density at radius 3 is 1.40 bits per heavy atom. The molecule has 0 radical (unpaired) electrons. The molecule has 0 saturated carbocycles. The second kappa shape index (κ2) is 27.3. The maximum Gasteiger partial charge on any atom is 0.407 e. The van der Waals surface area contributed by atoms with Crippen molar-refractivity contribution in [3.05, 3.63) is 59.7 Å². The number of nitrogens with one attached hydrogen (secondary N) is 1. The summed E-state index contributed by atoms with van der Waals surface area (Å²) in [7, 11) is 0. The van der Waals surface area contributed by atoms with Crippen molar-refractivity contribution in [2.45, 2.75) is 57.8 Å². The number of rotatable bonds is 31. The molecule has 270 valence electrons. The van der Waals surface area contributed by atoms with Crippen LogP contribution in [0.15, 0.2) is 48.5 Å². The van der Waals surface area contributed by atoms with Gasteiger partial charge in [-0.05, 0) is 35.1 Å². The van der Waals surface area contributed by atoms with Gasteiger partial charge in [0.25, 0.3) is 0 Å². The lowest BCUT2D eigenvalue weighted by Gasteiger charge is -2.14. The molecule has 0 aromatic heterocycles. The lowest BCUT2D eigenvalue weighted by Crippen LogP contribution is -2.27. The maximum atomic E-state index is 12.2. The highest BCUT2D eigenvalue weighted by Crippen LogP contribution is 2.44. The van der Waals surface area contributed by atoms with Crippen LogP contribution in [-0.4, -0.2) is 112 Å². The van der Waals surface area contributed by atoms with Crippen LogP contribution in [-0.2, 0) is 37.9 Å². The summed E-state index contributed by atoms with van der Waals surface area (Å²) in [6.45, 7) is 10.8. The summed E-state index contributed by atoms with van der Waals surface area (Å²) in [5.41, 5.74) is 4.83. The summed E-state index contributed by atoms with van der Waals surface area (Å²) in [6, 6.07) is 16.6. The number of hydrogen-bond acceptors (Lipinski definition) is 9. The molecule has 1 aliphatic carbocycles. The predicted molar refractivity (Wildman–Crippen MR) is 187 cm³/mol. The van der Waals surface area contributed by atoms with E-state index in [4.69, 9.17) is 37.9 Å². The Balaban J connectivity index is 0.986. The second-order valence-corrected chi connectivity index (χ2v) is 11.7. The SMILES string of the molecule is CCCCCCCCOCCOCCOCCOCCOCCOCCOCCCNC(=O)OCC1c2ccccc2-c2ccccc21. The molecule has 0 fully saturated rings. The van der Waals surface area contributed by atoms with E-state index in [2.05, 4.69) is 36.5 Å². The molecule has 1 amide bonds. The van der Waals surface area contributed by atoms with Crippen LogP contribution < -0.4 is 5.32 Å². The van der Waals surface area contributed by atoms with E-state index in [1.807, 2.05) is 24.3 Å². The Morgan fingerprint density at radius 1 is 0.521 bits per heavy atom. The molecule has 0 spiro atoms. The van der Waals surface area contributed by atoms with Gasteiger partial charge in [0.1, 0.15) is 6.61 Å². The van der Waals surface area contributed by atoms with Crippen molar-refractivity contribution in [2.75, 3.05) is 106 Å². The van der Waals surface area contributed by atoms with Crippen LogP contribution in [0.25, 0.3) is 11.1 Å². The third-order valence-corrected chi connectivity index (χ3v) is 7.95. The smallest absolute Gasteiger partial charge is 0.407 e. The zero-order chi connectivity index (χ0) is 33.7. The van der Waals surface area contributed by atoms with Gasteiger partial charge in [-0.2, -0.15) is 0 Å². The van der Waals surface area contributed by atoms with Gasteiger partial charge >= 0.3 is 6.09 Å². The van der Waals surface area contributed by atoms with Crippen molar-refractivity contribution < 1.29 is 42.7 Å². The van der Waals surface area contributed by atoms with Crippen LogP contribution in [0.1, 0.15) is 68.9 Å². The minimum atomic E-state index is -0.407. The number of amides is 1. The molecule has 0 heterocycles. The minimum Gasteiger partial charge on any atom is -0.449 e. The number of benzene rings is 2. The summed E-state index contributed by atoms with van der Waals surface area (Å²) in [4.78, 5) is 12.2. The highest BCUT2D eigenvalue weighted by atomic mass is 16.6. The first-order chi connectivity index (χ1) is 23.8. The molecular formula is C38H59NO9. The fourth-order valence-electron chi connectivity index (χ4n) is 5.42. The van der Waals surface area contributed by atoms with E-state index in [0.29, 0.717) is 105 Å². The van der Waals surface area contributed by atoms with Crippen LogP contribution in [0.3, 0.4) is 0 Å². The van der Waals surface area contributed by atoms with Crippen molar-refractivity contribution in [2.24, 2.45) is 0 Å². The van der Waals surface area contributed by atoms with Gasteiger partial charge < -0.3 is 43.2 Å². The molecule has 2 aromatic carbocycles. The first-order valence-electron chi connectivity index (χ1n) is 17.9. The number of alkyl carbamates (subject to hydrolysis) is 1. The summed E-state index contributed by atoms with van der Waals surface area (Å²) < 4.78 is 44.3. The maximum absolute atomic E-state index is 12.2. The Hall–Kier alpha value is -2.57. The predicted octanol–water partition coefficient (Wildman–Crippen LogP) is 6.39. The van der Waals surface area contributed by atoms with Crippen LogP contribution in [0.5, 0.6) is 0 Å². The van der Waals surface area contributed by atoms with E-state index in [0.717, 1.165) is 13.0 Å². The number of carbonyl (C=O) groups excluding carboxylic acids is 1. The van der Waals surface area contributed by atoms with E-state index in [1.165, 1.54) is 54.4 Å². The molecule has 10 nitrogen and oxygen atoms in total. The average molecular weight is 674 g/mol. The first-order valence-corrected chi connectivity index (χ1v) is 17.9. The molecule has 2 aromatic rings. The molecule has 0 aliphatic heterocycles. The van der Waals surface area contributed by atoms with E-state index < -0.39 is 6.09 Å². The third kappa shape index (κ3) is 17.2. The first kappa shape index (κ1) is 39.9. The quantitative estimate of drug-likeness (QED) is 0.0912. The monoisotopic (exact) mass is 673 g/mol. The van der Waals surface area contributed by atoms with Crippen LogP contribution >= 0.6 is 0 Å².